The van der Waals surface area contributed by atoms with Crippen molar-refractivity contribution < 1.29 is 14.3 Å². The lowest BCUT2D eigenvalue weighted by molar-refractivity contribution is -0.146. The zero-order chi connectivity index (χ0) is 20.4. The van der Waals surface area contributed by atoms with E-state index < -0.39 is 5.41 Å². The second-order valence-electron chi connectivity index (χ2n) is 8.09. The zero-order valence-corrected chi connectivity index (χ0v) is 17.8. The first-order chi connectivity index (χ1) is 14.0. The Hall–Kier alpha value is -2.40. The van der Waals surface area contributed by atoms with Gasteiger partial charge >= 0.3 is 5.97 Å². The van der Waals surface area contributed by atoms with E-state index in [0.717, 1.165) is 28.5 Å². The Balaban J connectivity index is 1.35. The van der Waals surface area contributed by atoms with Crippen molar-refractivity contribution in [3.8, 4) is 0 Å². The van der Waals surface area contributed by atoms with Crippen LogP contribution in [0.2, 0.25) is 0 Å². The fourth-order valence-electron chi connectivity index (χ4n) is 4.47. The van der Waals surface area contributed by atoms with E-state index in [-0.39, 0.29) is 17.8 Å². The molecule has 2 atom stereocenters. The maximum atomic E-state index is 12.4. The van der Waals surface area contributed by atoms with Gasteiger partial charge in [0.1, 0.15) is 0 Å². The number of carbonyl (C=O) groups excluding carboxylic acids is 2. The molecule has 2 aromatic carbocycles. The van der Waals surface area contributed by atoms with Gasteiger partial charge in [0.05, 0.1) is 12.0 Å². The molecule has 5 heteroatoms. The van der Waals surface area contributed by atoms with Gasteiger partial charge in [-0.05, 0) is 61.1 Å². The monoisotopic (exact) mass is 453 g/mol. The van der Waals surface area contributed by atoms with E-state index in [1.165, 1.54) is 5.56 Å². The summed E-state index contributed by atoms with van der Waals surface area (Å²) in [6, 6.07) is 15.6. The minimum atomic E-state index is -0.467. The van der Waals surface area contributed by atoms with Crippen LogP contribution in [0.5, 0.6) is 0 Å². The Kier molecular flexibility index (Phi) is 5.59. The zero-order valence-electron chi connectivity index (χ0n) is 16.2. The van der Waals surface area contributed by atoms with Crippen molar-refractivity contribution in [2.24, 2.45) is 11.3 Å². The van der Waals surface area contributed by atoms with Crippen molar-refractivity contribution in [2.75, 3.05) is 13.2 Å². The van der Waals surface area contributed by atoms with Crippen molar-refractivity contribution in [3.05, 3.63) is 81.8 Å². The van der Waals surface area contributed by atoms with E-state index in [9.17, 15) is 9.59 Å². The average molecular weight is 454 g/mol. The van der Waals surface area contributed by atoms with Crippen LogP contribution in [0.4, 0.5) is 0 Å². The average Bonchev–Trinajstić information content (AvgIpc) is 3.18. The van der Waals surface area contributed by atoms with E-state index in [0.29, 0.717) is 31.6 Å². The molecule has 0 aromatic heterocycles. The fourth-order valence-corrected chi connectivity index (χ4v) is 4.74. The number of ether oxygens (including phenoxy) is 1. The fraction of sp³-hybridized carbons (Fsp3) is 0.333. The Bertz CT molecular complexity index is 936. The summed E-state index contributed by atoms with van der Waals surface area (Å²) in [4.78, 5) is 24.8. The topological polar surface area (TPSA) is 55.4 Å². The number of benzene rings is 2. The Morgan fingerprint density at radius 2 is 1.83 bits per heavy atom. The van der Waals surface area contributed by atoms with Crippen molar-refractivity contribution in [3.63, 3.8) is 0 Å². The second-order valence-corrected chi connectivity index (χ2v) is 9.00. The Morgan fingerprint density at radius 3 is 2.55 bits per heavy atom. The number of nitrogens with one attached hydrogen (secondary N) is 1. The van der Waals surface area contributed by atoms with Crippen LogP contribution in [-0.2, 0) is 22.4 Å². The number of hydrogen-bond acceptors (Lipinski definition) is 3. The van der Waals surface area contributed by atoms with E-state index in [4.69, 9.17) is 4.74 Å². The van der Waals surface area contributed by atoms with Crippen molar-refractivity contribution >= 4 is 27.8 Å². The van der Waals surface area contributed by atoms with E-state index in [1.54, 1.807) is 0 Å². The van der Waals surface area contributed by atoms with E-state index in [1.807, 2.05) is 48.5 Å². The molecule has 0 spiro atoms. The molecule has 150 valence electrons. The lowest BCUT2D eigenvalue weighted by Crippen LogP contribution is -2.31. The summed E-state index contributed by atoms with van der Waals surface area (Å²) in [5, 5.41) is 2.97. The number of allylic oxidation sites excluding steroid dienone is 1. The van der Waals surface area contributed by atoms with Crippen molar-refractivity contribution in [2.45, 2.75) is 25.7 Å². The highest BCUT2D eigenvalue weighted by atomic mass is 79.9. The summed E-state index contributed by atoms with van der Waals surface area (Å²) in [6.07, 6.45) is 2.99. The normalized spacial score (nSPS) is 23.0. The molecule has 2 aliphatic rings. The molecule has 1 saturated heterocycles. The summed E-state index contributed by atoms with van der Waals surface area (Å²) < 4.78 is 6.39. The minimum absolute atomic E-state index is 0.0841. The highest BCUT2D eigenvalue weighted by Crippen LogP contribution is 2.52. The van der Waals surface area contributed by atoms with Crippen LogP contribution in [0.3, 0.4) is 0 Å². The van der Waals surface area contributed by atoms with Gasteiger partial charge in [-0.15, -0.1) is 0 Å². The third kappa shape index (κ3) is 4.15. The molecule has 0 radical (unpaired) electrons. The molecule has 1 amide bonds. The molecule has 4 rings (SSSR count). The molecule has 29 heavy (non-hydrogen) atoms. The number of esters is 1. The quantitative estimate of drug-likeness (QED) is 0.518. The summed E-state index contributed by atoms with van der Waals surface area (Å²) in [7, 11) is 0. The second kappa shape index (κ2) is 8.15. The molecule has 1 saturated carbocycles. The molecule has 1 aliphatic heterocycles. The molecule has 2 unspecified atom stereocenters. The standard InChI is InChI=1S/C24H24BrNO3/c1-16-12-20-15-29-23(28)24(20,13-16)14-18-2-6-19(7-3-18)22(27)26-11-10-17-4-8-21(25)9-5-17/h2-9,20H,1,10-15H2,(H,26,27). The molecule has 1 N–H and O–H groups in total. The summed E-state index contributed by atoms with van der Waals surface area (Å²) >= 11 is 3.42. The highest BCUT2D eigenvalue weighted by Gasteiger charge is 2.55. The van der Waals surface area contributed by atoms with E-state index >= 15 is 0 Å². The predicted molar refractivity (Wildman–Crippen MR) is 116 cm³/mol. The highest BCUT2D eigenvalue weighted by molar-refractivity contribution is 9.10. The van der Waals surface area contributed by atoms with Gasteiger partial charge in [0.15, 0.2) is 0 Å². The van der Waals surface area contributed by atoms with Gasteiger partial charge in [-0.3, -0.25) is 9.59 Å². The Labute approximate surface area is 179 Å². The minimum Gasteiger partial charge on any atom is -0.465 e. The first kappa shape index (κ1) is 19.9. The van der Waals surface area contributed by atoms with Crippen LogP contribution in [0.25, 0.3) is 0 Å². The SMILES string of the molecule is C=C1CC2COC(=O)C2(Cc2ccc(C(=O)NCCc3ccc(Br)cc3)cc2)C1. The van der Waals surface area contributed by atoms with Gasteiger partial charge in [-0.25, -0.2) is 0 Å². The number of rotatable bonds is 6. The van der Waals surface area contributed by atoms with Crippen LogP contribution in [0, 0.1) is 11.3 Å². The van der Waals surface area contributed by atoms with Gasteiger partial charge in [0.25, 0.3) is 5.91 Å². The summed E-state index contributed by atoms with van der Waals surface area (Å²) in [5.74, 6) is 0.0409. The molecule has 4 nitrogen and oxygen atoms in total. The molecular weight excluding hydrogens is 430 g/mol. The molecule has 1 heterocycles. The van der Waals surface area contributed by atoms with Crippen LogP contribution in [0.1, 0.15) is 34.3 Å². The molecule has 2 aromatic rings. The van der Waals surface area contributed by atoms with Gasteiger partial charge < -0.3 is 10.1 Å². The third-order valence-corrected chi connectivity index (χ3v) is 6.58. The molecule has 0 bridgehead atoms. The van der Waals surface area contributed by atoms with Gasteiger partial charge in [-0.2, -0.15) is 0 Å². The maximum Gasteiger partial charge on any atom is 0.313 e. The number of cyclic esters (lactones) is 1. The first-order valence-electron chi connectivity index (χ1n) is 9.92. The first-order valence-corrected chi connectivity index (χ1v) is 10.7. The van der Waals surface area contributed by atoms with Gasteiger partial charge in [0.2, 0.25) is 0 Å². The molecule has 1 aliphatic carbocycles. The number of fused-ring (bicyclic) bond motifs is 1. The number of hydrogen-bond donors (Lipinski definition) is 1. The molecule has 2 fully saturated rings. The number of halogens is 1. The lowest BCUT2D eigenvalue weighted by atomic mass is 9.75. The van der Waals surface area contributed by atoms with Crippen LogP contribution >= 0.6 is 15.9 Å². The number of carbonyl (C=O) groups is 2. The van der Waals surface area contributed by atoms with Gasteiger partial charge in [-0.1, -0.05) is 52.3 Å². The van der Waals surface area contributed by atoms with Crippen LogP contribution in [-0.4, -0.2) is 25.0 Å². The molecular formula is C24H24BrNO3. The van der Waals surface area contributed by atoms with E-state index in [2.05, 4.69) is 27.8 Å². The predicted octanol–water partition coefficient (Wildman–Crippen LogP) is 4.47. The summed E-state index contributed by atoms with van der Waals surface area (Å²) in [5.41, 5.74) is 3.53. The lowest BCUT2D eigenvalue weighted by Gasteiger charge is -2.24. The number of amides is 1. The van der Waals surface area contributed by atoms with Crippen LogP contribution in [0.15, 0.2) is 65.2 Å². The largest absolute Gasteiger partial charge is 0.465 e. The van der Waals surface area contributed by atoms with Crippen molar-refractivity contribution in [1.29, 1.82) is 0 Å². The van der Waals surface area contributed by atoms with Crippen molar-refractivity contribution in [1.82, 2.24) is 5.32 Å². The summed E-state index contributed by atoms with van der Waals surface area (Å²) in [6.45, 7) is 5.17. The van der Waals surface area contributed by atoms with Gasteiger partial charge in [0, 0.05) is 22.5 Å². The Morgan fingerprint density at radius 1 is 1.14 bits per heavy atom. The smallest absolute Gasteiger partial charge is 0.313 e. The third-order valence-electron chi connectivity index (χ3n) is 6.05. The maximum absolute atomic E-state index is 12.4. The van der Waals surface area contributed by atoms with Crippen LogP contribution < -0.4 is 5.32 Å².